The highest BCUT2D eigenvalue weighted by molar-refractivity contribution is 5.85. The average Bonchev–Trinajstić information content (AvgIpc) is 2.25. The van der Waals surface area contributed by atoms with E-state index in [0.29, 0.717) is 12.1 Å². The number of nitrogens with one attached hydrogen (secondary N) is 1. The first kappa shape index (κ1) is 15.9. The molecule has 0 bridgehead atoms. The van der Waals surface area contributed by atoms with Crippen molar-refractivity contribution in [2.75, 3.05) is 13.6 Å². The SMILES string of the molecule is CNCC1OC=Cc2c1ccc(O)c2O.Cl.Cl. The van der Waals surface area contributed by atoms with Gasteiger partial charge in [-0.15, -0.1) is 24.8 Å². The van der Waals surface area contributed by atoms with E-state index in [1.807, 2.05) is 7.05 Å². The van der Waals surface area contributed by atoms with Crippen molar-refractivity contribution in [3.05, 3.63) is 29.5 Å². The molecule has 1 atom stereocenters. The van der Waals surface area contributed by atoms with Gasteiger partial charge in [-0.1, -0.05) is 6.07 Å². The molecule has 1 aliphatic heterocycles. The first-order valence-corrected chi connectivity index (χ1v) is 4.75. The summed E-state index contributed by atoms with van der Waals surface area (Å²) in [5.41, 5.74) is 1.50. The van der Waals surface area contributed by atoms with Crippen molar-refractivity contribution in [2.24, 2.45) is 0 Å². The Morgan fingerprint density at radius 2 is 2.00 bits per heavy atom. The maximum atomic E-state index is 9.65. The molecular formula is C11H15Cl2NO3. The van der Waals surface area contributed by atoms with E-state index in [0.717, 1.165) is 5.56 Å². The third-order valence-corrected chi connectivity index (χ3v) is 2.44. The number of aromatic hydroxyl groups is 2. The third kappa shape index (κ3) is 2.97. The number of hydrogen-bond donors (Lipinski definition) is 3. The molecule has 17 heavy (non-hydrogen) atoms. The highest BCUT2D eigenvalue weighted by atomic mass is 35.5. The molecule has 1 aromatic carbocycles. The van der Waals surface area contributed by atoms with E-state index < -0.39 is 0 Å². The highest BCUT2D eigenvalue weighted by Crippen LogP contribution is 2.38. The van der Waals surface area contributed by atoms with Gasteiger partial charge in [0.15, 0.2) is 11.5 Å². The van der Waals surface area contributed by atoms with Crippen LogP contribution in [0.1, 0.15) is 17.2 Å². The van der Waals surface area contributed by atoms with E-state index >= 15 is 0 Å². The Morgan fingerprint density at radius 3 is 2.65 bits per heavy atom. The molecule has 0 spiro atoms. The maximum Gasteiger partial charge on any atom is 0.165 e. The van der Waals surface area contributed by atoms with Gasteiger partial charge in [-0.2, -0.15) is 0 Å². The molecule has 1 heterocycles. The molecule has 0 aliphatic carbocycles. The van der Waals surface area contributed by atoms with Crippen LogP contribution in [0.3, 0.4) is 0 Å². The summed E-state index contributed by atoms with van der Waals surface area (Å²) in [6.07, 6.45) is 3.06. The molecule has 3 N–H and O–H groups in total. The van der Waals surface area contributed by atoms with Gasteiger partial charge in [-0.25, -0.2) is 0 Å². The van der Waals surface area contributed by atoms with Crippen molar-refractivity contribution < 1.29 is 14.9 Å². The number of hydrogen-bond acceptors (Lipinski definition) is 4. The molecule has 1 unspecified atom stereocenters. The summed E-state index contributed by atoms with van der Waals surface area (Å²) in [6.45, 7) is 0.654. The number of ether oxygens (including phenoxy) is 1. The van der Waals surface area contributed by atoms with Gasteiger partial charge in [0.1, 0.15) is 6.10 Å². The quantitative estimate of drug-likeness (QED) is 0.727. The number of likely N-dealkylation sites (N-methyl/N-ethyl adjacent to an activating group) is 1. The van der Waals surface area contributed by atoms with E-state index in [2.05, 4.69) is 5.32 Å². The van der Waals surface area contributed by atoms with Crippen LogP contribution in [0.2, 0.25) is 0 Å². The van der Waals surface area contributed by atoms with Gasteiger partial charge in [0, 0.05) is 17.7 Å². The number of benzene rings is 1. The Bertz CT molecular complexity index is 410. The molecule has 96 valence electrons. The zero-order valence-electron chi connectivity index (χ0n) is 9.21. The predicted molar refractivity (Wildman–Crippen MR) is 71.1 cm³/mol. The van der Waals surface area contributed by atoms with Crippen LogP contribution in [0.5, 0.6) is 11.5 Å². The summed E-state index contributed by atoms with van der Waals surface area (Å²) in [4.78, 5) is 0. The van der Waals surface area contributed by atoms with E-state index in [1.54, 1.807) is 12.1 Å². The van der Waals surface area contributed by atoms with Gasteiger partial charge < -0.3 is 20.3 Å². The molecule has 2 rings (SSSR count). The maximum absolute atomic E-state index is 9.65. The van der Waals surface area contributed by atoms with Crippen LogP contribution < -0.4 is 5.32 Å². The topological polar surface area (TPSA) is 61.7 Å². The molecule has 0 radical (unpaired) electrons. The standard InChI is InChI=1S/C11H13NO3.2ClH/c1-12-6-10-7-2-3-9(13)11(14)8(7)4-5-15-10;;/h2-5,10,12-14H,6H2,1H3;2*1H. The lowest BCUT2D eigenvalue weighted by Crippen LogP contribution is -2.20. The number of fused-ring (bicyclic) bond motifs is 1. The Balaban J connectivity index is 0.00000128. The zero-order valence-corrected chi connectivity index (χ0v) is 10.8. The number of phenolic OH excluding ortho intramolecular Hbond substituents is 2. The molecule has 0 fully saturated rings. The summed E-state index contributed by atoms with van der Waals surface area (Å²) >= 11 is 0. The zero-order chi connectivity index (χ0) is 10.8. The van der Waals surface area contributed by atoms with Gasteiger partial charge in [0.05, 0.1) is 6.26 Å². The van der Waals surface area contributed by atoms with E-state index in [9.17, 15) is 10.2 Å². The number of phenols is 2. The Kier molecular flexibility index (Phi) is 6.16. The van der Waals surface area contributed by atoms with E-state index in [-0.39, 0.29) is 42.4 Å². The Morgan fingerprint density at radius 1 is 1.29 bits per heavy atom. The van der Waals surface area contributed by atoms with Crippen molar-refractivity contribution in [3.8, 4) is 11.5 Å². The molecule has 0 saturated heterocycles. The van der Waals surface area contributed by atoms with E-state index in [1.165, 1.54) is 12.3 Å². The molecule has 0 saturated carbocycles. The normalized spacial score (nSPS) is 16.2. The Hall–Kier alpha value is -1.10. The molecule has 4 nitrogen and oxygen atoms in total. The van der Waals surface area contributed by atoms with Crippen molar-refractivity contribution in [2.45, 2.75) is 6.10 Å². The fraction of sp³-hybridized carbons (Fsp3) is 0.273. The molecule has 0 aromatic heterocycles. The molecule has 1 aliphatic rings. The highest BCUT2D eigenvalue weighted by Gasteiger charge is 2.21. The molecular weight excluding hydrogens is 265 g/mol. The second kappa shape index (κ2) is 6.59. The Labute approximate surface area is 112 Å². The molecule has 6 heteroatoms. The molecule has 1 aromatic rings. The monoisotopic (exact) mass is 279 g/mol. The van der Waals surface area contributed by atoms with Crippen molar-refractivity contribution in [3.63, 3.8) is 0 Å². The average molecular weight is 280 g/mol. The third-order valence-electron chi connectivity index (χ3n) is 2.44. The van der Waals surface area contributed by atoms with Gasteiger partial charge >= 0.3 is 0 Å². The summed E-state index contributed by atoms with van der Waals surface area (Å²) < 4.78 is 5.40. The molecule has 0 amide bonds. The minimum absolute atomic E-state index is 0. The first-order valence-electron chi connectivity index (χ1n) is 4.75. The second-order valence-electron chi connectivity index (χ2n) is 3.42. The smallest absolute Gasteiger partial charge is 0.165 e. The van der Waals surface area contributed by atoms with Crippen molar-refractivity contribution >= 4 is 30.9 Å². The van der Waals surface area contributed by atoms with Crippen LogP contribution in [0.15, 0.2) is 18.4 Å². The fourth-order valence-corrected chi connectivity index (χ4v) is 1.69. The fourth-order valence-electron chi connectivity index (χ4n) is 1.69. The van der Waals surface area contributed by atoms with Crippen molar-refractivity contribution in [1.29, 1.82) is 0 Å². The summed E-state index contributed by atoms with van der Waals surface area (Å²) in [6, 6.07) is 3.23. The second-order valence-corrected chi connectivity index (χ2v) is 3.42. The first-order chi connectivity index (χ1) is 7.24. The van der Waals surface area contributed by atoms with E-state index in [4.69, 9.17) is 4.74 Å². The lowest BCUT2D eigenvalue weighted by Gasteiger charge is -2.23. The van der Waals surface area contributed by atoms with Crippen LogP contribution >= 0.6 is 24.8 Å². The largest absolute Gasteiger partial charge is 0.504 e. The lowest BCUT2D eigenvalue weighted by molar-refractivity contribution is 0.143. The van der Waals surface area contributed by atoms with Crippen LogP contribution in [-0.4, -0.2) is 23.8 Å². The number of rotatable bonds is 2. The lowest BCUT2D eigenvalue weighted by atomic mass is 9.99. The van der Waals surface area contributed by atoms with Gasteiger partial charge in [-0.3, -0.25) is 0 Å². The minimum atomic E-state index is -0.124. The van der Waals surface area contributed by atoms with Crippen LogP contribution in [-0.2, 0) is 4.74 Å². The van der Waals surface area contributed by atoms with Gasteiger partial charge in [0.25, 0.3) is 0 Å². The minimum Gasteiger partial charge on any atom is -0.504 e. The van der Waals surface area contributed by atoms with Crippen molar-refractivity contribution in [1.82, 2.24) is 5.32 Å². The van der Waals surface area contributed by atoms with Gasteiger partial charge in [-0.05, 0) is 19.2 Å². The summed E-state index contributed by atoms with van der Waals surface area (Å²) in [5, 5.41) is 22.0. The van der Waals surface area contributed by atoms with Crippen LogP contribution in [0.25, 0.3) is 6.08 Å². The van der Waals surface area contributed by atoms with Gasteiger partial charge in [0.2, 0.25) is 0 Å². The summed E-state index contributed by atoms with van der Waals surface area (Å²) in [5.74, 6) is -0.198. The predicted octanol–water partition coefficient (Wildman–Crippen LogP) is 2.20. The van der Waals surface area contributed by atoms with Crippen LogP contribution in [0, 0.1) is 0 Å². The summed E-state index contributed by atoms with van der Waals surface area (Å²) in [7, 11) is 1.83. The van der Waals surface area contributed by atoms with Crippen LogP contribution in [0.4, 0.5) is 0 Å². The number of halogens is 2.